The average molecular weight is 244 g/mol. The highest BCUT2D eigenvalue weighted by molar-refractivity contribution is 5.56. The number of rotatable bonds is 11. The van der Waals surface area contributed by atoms with Crippen LogP contribution in [0.2, 0.25) is 0 Å². The second kappa shape index (κ2) is 11.7. The Bertz CT molecular complexity index is 180. The lowest BCUT2D eigenvalue weighted by atomic mass is 10.1. The molecule has 0 radical (unpaired) electrons. The largest absolute Gasteiger partial charge is 0.506 e. The van der Waals surface area contributed by atoms with E-state index < -0.39 is 6.16 Å². The number of unbranched alkanes of at least 4 members (excludes halogenated alkanes) is 8. The fourth-order valence-electron chi connectivity index (χ4n) is 1.97. The fourth-order valence-corrected chi connectivity index (χ4v) is 1.97. The van der Waals surface area contributed by atoms with Gasteiger partial charge in [0.1, 0.15) is 6.10 Å². The second-order valence-corrected chi connectivity index (χ2v) is 4.81. The van der Waals surface area contributed by atoms with Crippen molar-refractivity contribution in [2.45, 2.75) is 84.2 Å². The van der Waals surface area contributed by atoms with Crippen molar-refractivity contribution >= 4 is 6.16 Å². The van der Waals surface area contributed by atoms with Crippen molar-refractivity contribution in [2.75, 3.05) is 0 Å². The van der Waals surface area contributed by atoms with Gasteiger partial charge in [0.25, 0.3) is 0 Å². The van der Waals surface area contributed by atoms with E-state index in [9.17, 15) is 4.79 Å². The maximum Gasteiger partial charge on any atom is 0.506 e. The molecule has 0 amide bonds. The van der Waals surface area contributed by atoms with E-state index in [1.807, 2.05) is 6.92 Å². The minimum Gasteiger partial charge on any atom is -0.450 e. The Morgan fingerprint density at radius 3 is 1.94 bits per heavy atom. The molecule has 0 fully saturated rings. The van der Waals surface area contributed by atoms with Crippen LogP contribution in [0.1, 0.15) is 78.1 Å². The minimum atomic E-state index is -1.16. The fraction of sp³-hybridized carbons (Fsp3) is 0.929. The first-order chi connectivity index (χ1) is 8.16. The Morgan fingerprint density at radius 2 is 1.47 bits per heavy atom. The summed E-state index contributed by atoms with van der Waals surface area (Å²) in [5.74, 6) is 0. The molecule has 0 aromatic carbocycles. The second-order valence-electron chi connectivity index (χ2n) is 4.81. The summed E-state index contributed by atoms with van der Waals surface area (Å²) in [7, 11) is 0. The Hall–Kier alpha value is -0.730. The summed E-state index contributed by atoms with van der Waals surface area (Å²) in [5.41, 5.74) is 0. The van der Waals surface area contributed by atoms with Crippen LogP contribution in [0.4, 0.5) is 4.79 Å². The lowest BCUT2D eigenvalue weighted by Gasteiger charge is -2.09. The molecule has 0 heterocycles. The number of carboxylic acid groups (broad SMARTS) is 1. The summed E-state index contributed by atoms with van der Waals surface area (Å²) >= 11 is 0. The van der Waals surface area contributed by atoms with Gasteiger partial charge in [-0.05, 0) is 19.8 Å². The molecule has 1 unspecified atom stereocenters. The maximum atomic E-state index is 10.2. The summed E-state index contributed by atoms with van der Waals surface area (Å²) in [5, 5.41) is 8.41. The molecule has 0 bridgehead atoms. The van der Waals surface area contributed by atoms with Gasteiger partial charge < -0.3 is 9.84 Å². The topological polar surface area (TPSA) is 46.5 Å². The molecule has 3 heteroatoms. The van der Waals surface area contributed by atoms with Gasteiger partial charge in [-0.3, -0.25) is 0 Å². The molecular formula is C14H28O3. The quantitative estimate of drug-likeness (QED) is 0.411. The molecule has 102 valence electrons. The van der Waals surface area contributed by atoms with Gasteiger partial charge in [0.2, 0.25) is 0 Å². The molecule has 3 nitrogen and oxygen atoms in total. The molecule has 1 atom stereocenters. The molecule has 0 aromatic rings. The van der Waals surface area contributed by atoms with Gasteiger partial charge in [-0.1, -0.05) is 58.3 Å². The van der Waals surface area contributed by atoms with Crippen LogP contribution in [0.3, 0.4) is 0 Å². The van der Waals surface area contributed by atoms with Crippen molar-refractivity contribution < 1.29 is 14.6 Å². The Kier molecular flexibility index (Phi) is 11.2. The van der Waals surface area contributed by atoms with E-state index in [4.69, 9.17) is 5.11 Å². The van der Waals surface area contributed by atoms with Crippen molar-refractivity contribution in [1.29, 1.82) is 0 Å². The van der Waals surface area contributed by atoms with E-state index >= 15 is 0 Å². The van der Waals surface area contributed by atoms with E-state index in [-0.39, 0.29) is 6.10 Å². The van der Waals surface area contributed by atoms with Crippen LogP contribution in [0.15, 0.2) is 0 Å². The van der Waals surface area contributed by atoms with Crippen molar-refractivity contribution in [3.63, 3.8) is 0 Å². The number of hydrogen-bond acceptors (Lipinski definition) is 2. The lowest BCUT2D eigenvalue weighted by molar-refractivity contribution is 0.0548. The summed E-state index contributed by atoms with van der Waals surface area (Å²) in [6.07, 6.45) is 11.2. The number of carbonyl (C=O) groups is 1. The predicted molar refractivity (Wildman–Crippen MR) is 70.4 cm³/mol. The minimum absolute atomic E-state index is 0.156. The molecule has 0 aliphatic heterocycles. The first-order valence-corrected chi connectivity index (χ1v) is 7.06. The predicted octanol–water partition coefficient (Wildman–Crippen LogP) is 4.99. The van der Waals surface area contributed by atoms with Crippen LogP contribution in [-0.2, 0) is 4.74 Å². The molecule has 0 spiro atoms. The highest BCUT2D eigenvalue weighted by Gasteiger charge is 2.06. The molecule has 0 saturated heterocycles. The number of ether oxygens (including phenoxy) is 1. The monoisotopic (exact) mass is 244 g/mol. The van der Waals surface area contributed by atoms with Gasteiger partial charge in [-0.15, -0.1) is 0 Å². The number of hydrogen-bond donors (Lipinski definition) is 1. The zero-order chi connectivity index (χ0) is 12.9. The van der Waals surface area contributed by atoms with Gasteiger partial charge in [-0.2, -0.15) is 0 Å². The van der Waals surface area contributed by atoms with Crippen LogP contribution in [0, 0.1) is 0 Å². The summed E-state index contributed by atoms with van der Waals surface area (Å²) in [6.45, 7) is 4.05. The summed E-state index contributed by atoms with van der Waals surface area (Å²) in [4.78, 5) is 10.2. The summed E-state index contributed by atoms with van der Waals surface area (Å²) < 4.78 is 4.64. The SMILES string of the molecule is CCCCCCCCCCCC(C)OC(=O)O. The molecule has 1 N–H and O–H groups in total. The first-order valence-electron chi connectivity index (χ1n) is 7.06. The molecule has 0 rings (SSSR count). The van der Waals surface area contributed by atoms with Crippen molar-refractivity contribution in [2.24, 2.45) is 0 Å². The van der Waals surface area contributed by atoms with Gasteiger partial charge in [0, 0.05) is 0 Å². The third kappa shape index (κ3) is 13.2. The van der Waals surface area contributed by atoms with E-state index in [0.717, 1.165) is 12.8 Å². The van der Waals surface area contributed by atoms with E-state index in [1.54, 1.807) is 0 Å². The zero-order valence-electron chi connectivity index (χ0n) is 11.4. The third-order valence-electron chi connectivity index (χ3n) is 3.02. The normalized spacial score (nSPS) is 12.4. The molecule has 17 heavy (non-hydrogen) atoms. The Labute approximate surface area is 106 Å². The molecule has 0 aliphatic carbocycles. The van der Waals surface area contributed by atoms with E-state index in [0.29, 0.717) is 0 Å². The van der Waals surface area contributed by atoms with Crippen LogP contribution >= 0.6 is 0 Å². The zero-order valence-corrected chi connectivity index (χ0v) is 11.4. The first kappa shape index (κ1) is 16.3. The highest BCUT2D eigenvalue weighted by atomic mass is 16.7. The Balaban J connectivity index is 3.10. The highest BCUT2D eigenvalue weighted by Crippen LogP contribution is 2.12. The molecule has 0 saturated carbocycles. The maximum absolute atomic E-state index is 10.2. The third-order valence-corrected chi connectivity index (χ3v) is 3.02. The molecule has 0 aromatic heterocycles. The van der Waals surface area contributed by atoms with Crippen LogP contribution in [-0.4, -0.2) is 17.4 Å². The smallest absolute Gasteiger partial charge is 0.450 e. The van der Waals surface area contributed by atoms with Crippen LogP contribution in [0.25, 0.3) is 0 Å². The molecule has 0 aliphatic rings. The molecular weight excluding hydrogens is 216 g/mol. The van der Waals surface area contributed by atoms with Gasteiger partial charge in [0.05, 0.1) is 0 Å². The summed E-state index contributed by atoms with van der Waals surface area (Å²) in [6, 6.07) is 0. The van der Waals surface area contributed by atoms with Crippen LogP contribution in [0.5, 0.6) is 0 Å². The van der Waals surface area contributed by atoms with E-state index in [1.165, 1.54) is 51.4 Å². The standard InChI is InChI=1S/C14H28O3/c1-3-4-5-6-7-8-9-10-11-12-13(2)17-14(15)16/h13H,3-12H2,1-2H3,(H,15,16). The van der Waals surface area contributed by atoms with Crippen LogP contribution < -0.4 is 0 Å². The van der Waals surface area contributed by atoms with Crippen molar-refractivity contribution in [3.05, 3.63) is 0 Å². The van der Waals surface area contributed by atoms with Gasteiger partial charge in [0.15, 0.2) is 0 Å². The Morgan fingerprint density at radius 1 is 1.00 bits per heavy atom. The van der Waals surface area contributed by atoms with Gasteiger partial charge in [-0.25, -0.2) is 4.79 Å². The van der Waals surface area contributed by atoms with Crippen molar-refractivity contribution in [3.8, 4) is 0 Å². The van der Waals surface area contributed by atoms with Gasteiger partial charge >= 0.3 is 6.16 Å². The van der Waals surface area contributed by atoms with Crippen molar-refractivity contribution in [1.82, 2.24) is 0 Å². The lowest BCUT2D eigenvalue weighted by Crippen LogP contribution is -2.12. The average Bonchev–Trinajstić information content (AvgIpc) is 2.26. The van der Waals surface area contributed by atoms with E-state index in [2.05, 4.69) is 11.7 Å².